The molecule has 37 heavy (non-hydrogen) atoms. The molecule has 2 aromatic rings. The molecule has 0 unspecified atom stereocenters. The van der Waals surface area contributed by atoms with Gasteiger partial charge in [-0.15, -0.1) is 0 Å². The first-order chi connectivity index (χ1) is 17.5. The van der Waals surface area contributed by atoms with E-state index in [1.54, 1.807) is 42.5 Å². The number of anilines is 1. The monoisotopic (exact) mass is 569 g/mol. The fourth-order valence-corrected chi connectivity index (χ4v) is 5.73. The van der Waals surface area contributed by atoms with Crippen molar-refractivity contribution in [2.45, 2.75) is 57.7 Å². The molecule has 3 rings (SSSR count). The fourth-order valence-electron chi connectivity index (χ4n) is 4.55. The van der Waals surface area contributed by atoms with Crippen LogP contribution >= 0.6 is 23.2 Å². The second-order valence-electron chi connectivity index (χ2n) is 9.13. The zero-order valence-corrected chi connectivity index (χ0v) is 23.6. The molecule has 1 atom stereocenters. The van der Waals surface area contributed by atoms with E-state index in [0.29, 0.717) is 27.8 Å². The summed E-state index contributed by atoms with van der Waals surface area (Å²) in [6, 6.07) is 10.8. The van der Waals surface area contributed by atoms with Gasteiger partial charge >= 0.3 is 0 Å². The van der Waals surface area contributed by atoms with Gasteiger partial charge in [-0.1, -0.05) is 61.2 Å². The number of methoxy groups -OCH3 is 1. The third kappa shape index (κ3) is 7.52. The van der Waals surface area contributed by atoms with Crippen molar-refractivity contribution in [3.05, 3.63) is 58.1 Å². The van der Waals surface area contributed by atoms with Crippen LogP contribution in [0.1, 0.15) is 44.6 Å². The van der Waals surface area contributed by atoms with E-state index in [4.69, 9.17) is 27.9 Å². The molecule has 2 aromatic carbocycles. The summed E-state index contributed by atoms with van der Waals surface area (Å²) in [4.78, 5) is 28.6. The van der Waals surface area contributed by atoms with E-state index in [-0.39, 0.29) is 24.2 Å². The largest absolute Gasteiger partial charge is 0.495 e. The molecular formula is C26H33Cl2N3O5S. The van der Waals surface area contributed by atoms with E-state index in [9.17, 15) is 18.0 Å². The molecule has 1 fully saturated rings. The predicted molar refractivity (Wildman–Crippen MR) is 147 cm³/mol. The minimum absolute atomic E-state index is 0.0514. The number of ether oxygens (including phenoxy) is 1. The van der Waals surface area contributed by atoms with Crippen LogP contribution in [-0.2, 0) is 26.2 Å². The molecule has 0 aliphatic heterocycles. The van der Waals surface area contributed by atoms with Crippen LogP contribution in [0.3, 0.4) is 0 Å². The van der Waals surface area contributed by atoms with Gasteiger partial charge in [0.15, 0.2) is 0 Å². The summed E-state index contributed by atoms with van der Waals surface area (Å²) in [5, 5.41) is 3.76. The molecule has 11 heteroatoms. The van der Waals surface area contributed by atoms with E-state index in [0.717, 1.165) is 36.2 Å². The Morgan fingerprint density at radius 3 is 2.38 bits per heavy atom. The van der Waals surface area contributed by atoms with Gasteiger partial charge in [0.05, 0.1) is 29.1 Å². The predicted octanol–water partition coefficient (Wildman–Crippen LogP) is 4.63. The standard InChI is InChI=1S/C26H33Cl2N3O5S/c1-4-22(26(33)29-19-9-5-6-10-19)30(16-18-13-14-20(27)21(28)15-18)25(32)17-31(37(3,34)35)23-11-7-8-12-24(23)36-2/h7-8,11-15,19,22H,4-6,9-10,16-17H2,1-3H3,(H,29,33)/t22-/m1/s1. The summed E-state index contributed by atoms with van der Waals surface area (Å²) in [6.45, 7) is 1.37. The number of hydrogen-bond acceptors (Lipinski definition) is 5. The maximum Gasteiger partial charge on any atom is 0.244 e. The van der Waals surface area contributed by atoms with Gasteiger partial charge in [-0.3, -0.25) is 13.9 Å². The molecule has 202 valence electrons. The molecule has 1 N–H and O–H groups in total. The Kier molecular flexibility index (Phi) is 10.1. The molecule has 0 bridgehead atoms. The van der Waals surface area contributed by atoms with Gasteiger partial charge in [0.2, 0.25) is 21.8 Å². The molecule has 2 amide bonds. The Morgan fingerprint density at radius 1 is 1.11 bits per heavy atom. The van der Waals surface area contributed by atoms with E-state index in [1.165, 1.54) is 12.0 Å². The molecule has 0 spiro atoms. The van der Waals surface area contributed by atoms with Crippen LogP contribution in [0.4, 0.5) is 5.69 Å². The van der Waals surface area contributed by atoms with Crippen LogP contribution < -0.4 is 14.4 Å². The van der Waals surface area contributed by atoms with Gasteiger partial charge in [-0.25, -0.2) is 8.42 Å². The first kappa shape index (κ1) is 29.1. The lowest BCUT2D eigenvalue weighted by molar-refractivity contribution is -0.140. The second kappa shape index (κ2) is 12.8. The van der Waals surface area contributed by atoms with Crippen LogP contribution in [0.2, 0.25) is 10.0 Å². The SMILES string of the molecule is CC[C@H](C(=O)NC1CCCC1)N(Cc1ccc(Cl)c(Cl)c1)C(=O)CN(c1ccccc1OC)S(C)(=O)=O. The lowest BCUT2D eigenvalue weighted by atomic mass is 10.1. The Morgan fingerprint density at radius 2 is 1.78 bits per heavy atom. The molecule has 1 aliphatic rings. The third-order valence-electron chi connectivity index (χ3n) is 6.46. The van der Waals surface area contributed by atoms with Crippen LogP contribution in [0.5, 0.6) is 5.75 Å². The number of nitrogens with one attached hydrogen (secondary N) is 1. The summed E-state index contributed by atoms with van der Waals surface area (Å²) in [5.74, 6) is -0.482. The van der Waals surface area contributed by atoms with Gasteiger partial charge < -0.3 is 15.0 Å². The van der Waals surface area contributed by atoms with Crippen molar-refractivity contribution in [2.24, 2.45) is 0 Å². The number of carbonyl (C=O) groups is 2. The second-order valence-corrected chi connectivity index (χ2v) is 11.8. The highest BCUT2D eigenvalue weighted by atomic mass is 35.5. The van der Waals surface area contributed by atoms with E-state index in [1.807, 2.05) is 6.92 Å². The van der Waals surface area contributed by atoms with E-state index in [2.05, 4.69) is 5.32 Å². The third-order valence-corrected chi connectivity index (χ3v) is 8.32. The molecular weight excluding hydrogens is 537 g/mol. The van der Waals surface area contributed by atoms with Crippen LogP contribution in [0.25, 0.3) is 0 Å². The number of benzene rings is 2. The zero-order chi connectivity index (χ0) is 27.2. The normalized spacial score (nSPS) is 14.7. The van der Waals surface area contributed by atoms with Crippen LogP contribution in [0, 0.1) is 0 Å². The summed E-state index contributed by atoms with van der Waals surface area (Å²) in [7, 11) is -2.44. The Labute approximate surface area is 228 Å². The minimum atomic E-state index is -3.87. The van der Waals surface area contributed by atoms with Gasteiger partial charge in [0.1, 0.15) is 18.3 Å². The van der Waals surface area contributed by atoms with Crippen molar-refractivity contribution >= 4 is 50.7 Å². The van der Waals surface area contributed by atoms with Crippen molar-refractivity contribution in [1.82, 2.24) is 10.2 Å². The summed E-state index contributed by atoms with van der Waals surface area (Å²) >= 11 is 12.3. The molecule has 1 saturated carbocycles. The maximum absolute atomic E-state index is 13.8. The number of amides is 2. The quantitative estimate of drug-likeness (QED) is 0.425. The summed E-state index contributed by atoms with van der Waals surface area (Å²) in [5.41, 5.74) is 0.900. The highest BCUT2D eigenvalue weighted by Crippen LogP contribution is 2.30. The number of sulfonamides is 1. The summed E-state index contributed by atoms with van der Waals surface area (Å²) < 4.78 is 31.9. The van der Waals surface area contributed by atoms with Gasteiger partial charge in [0.25, 0.3) is 0 Å². The fraction of sp³-hybridized carbons (Fsp3) is 0.462. The van der Waals surface area contributed by atoms with Crippen LogP contribution in [0.15, 0.2) is 42.5 Å². The minimum Gasteiger partial charge on any atom is -0.495 e. The van der Waals surface area contributed by atoms with Gasteiger partial charge in [-0.05, 0) is 49.1 Å². The highest BCUT2D eigenvalue weighted by molar-refractivity contribution is 7.92. The van der Waals surface area contributed by atoms with Crippen molar-refractivity contribution in [1.29, 1.82) is 0 Å². The summed E-state index contributed by atoms with van der Waals surface area (Å²) in [6.07, 6.45) is 5.28. The molecule has 1 aliphatic carbocycles. The molecule has 0 aromatic heterocycles. The first-order valence-corrected chi connectivity index (χ1v) is 14.8. The lowest BCUT2D eigenvalue weighted by Crippen LogP contribution is -2.53. The Hall–Kier alpha value is -2.49. The molecule has 8 nitrogen and oxygen atoms in total. The van der Waals surface area contributed by atoms with Crippen molar-refractivity contribution < 1.29 is 22.7 Å². The van der Waals surface area contributed by atoms with Gasteiger partial charge in [-0.2, -0.15) is 0 Å². The maximum atomic E-state index is 13.8. The Balaban J connectivity index is 1.96. The topological polar surface area (TPSA) is 96.0 Å². The molecule has 0 radical (unpaired) electrons. The Bertz CT molecular complexity index is 1220. The van der Waals surface area contributed by atoms with E-state index < -0.39 is 28.5 Å². The number of rotatable bonds is 11. The number of halogens is 2. The van der Waals surface area contributed by atoms with Crippen molar-refractivity contribution in [2.75, 3.05) is 24.2 Å². The lowest BCUT2D eigenvalue weighted by Gasteiger charge is -2.33. The number of carbonyl (C=O) groups excluding carboxylic acids is 2. The molecule has 0 saturated heterocycles. The molecule has 0 heterocycles. The van der Waals surface area contributed by atoms with Gasteiger partial charge in [0, 0.05) is 12.6 Å². The number of nitrogens with zero attached hydrogens (tertiary/aromatic N) is 2. The zero-order valence-electron chi connectivity index (χ0n) is 21.2. The van der Waals surface area contributed by atoms with Crippen LogP contribution in [-0.4, -0.2) is 57.1 Å². The smallest absolute Gasteiger partial charge is 0.244 e. The number of para-hydroxylation sites is 2. The average molecular weight is 571 g/mol. The highest BCUT2D eigenvalue weighted by Gasteiger charge is 2.33. The van der Waals surface area contributed by atoms with E-state index >= 15 is 0 Å². The van der Waals surface area contributed by atoms with Crippen molar-refractivity contribution in [3.8, 4) is 5.75 Å². The average Bonchev–Trinajstić information content (AvgIpc) is 3.36. The number of hydrogen-bond donors (Lipinski definition) is 1. The first-order valence-electron chi connectivity index (χ1n) is 12.2. The van der Waals surface area contributed by atoms with Crippen molar-refractivity contribution in [3.63, 3.8) is 0 Å².